The predicted molar refractivity (Wildman–Crippen MR) is 115 cm³/mol. The summed E-state index contributed by atoms with van der Waals surface area (Å²) < 4.78 is 39.1. The molecule has 9 heteroatoms. The van der Waals surface area contributed by atoms with E-state index in [1.807, 2.05) is 13.0 Å². The molecule has 1 aromatic carbocycles. The van der Waals surface area contributed by atoms with E-state index in [0.29, 0.717) is 5.69 Å². The van der Waals surface area contributed by atoms with Gasteiger partial charge in [0.05, 0.1) is 23.3 Å². The summed E-state index contributed by atoms with van der Waals surface area (Å²) in [5, 5.41) is 2.59. The normalized spacial score (nSPS) is 16.4. The van der Waals surface area contributed by atoms with E-state index in [1.165, 1.54) is 16.6 Å². The molecule has 0 aliphatic carbocycles. The van der Waals surface area contributed by atoms with Crippen LogP contribution in [0.2, 0.25) is 0 Å². The quantitative estimate of drug-likeness (QED) is 0.784. The zero-order valence-electron chi connectivity index (χ0n) is 17.8. The third kappa shape index (κ3) is 4.84. The number of aromatic nitrogens is 1. The van der Waals surface area contributed by atoms with Crippen molar-refractivity contribution in [2.45, 2.75) is 57.6 Å². The molecule has 1 atom stereocenters. The van der Waals surface area contributed by atoms with Gasteiger partial charge in [0.2, 0.25) is 5.88 Å². The Morgan fingerprint density at radius 2 is 2.07 bits per heavy atom. The standard InChI is InChI=1S/C21H27N3O5S/c1-6-15-8-7-9-17(10-15)30(26,27)24-13-14(2)28-19-18(24)11-16(12-22-19)23-20(25)29-21(3,4)5/h7-12,14H,6,13H2,1-5H3,(H,23,25). The van der Waals surface area contributed by atoms with Gasteiger partial charge in [0.15, 0.2) is 0 Å². The molecule has 162 valence electrons. The zero-order chi connectivity index (χ0) is 22.1. The Labute approximate surface area is 177 Å². The number of amides is 1. The molecule has 0 fully saturated rings. The largest absolute Gasteiger partial charge is 0.471 e. The predicted octanol–water partition coefficient (Wildman–Crippen LogP) is 3.97. The number of anilines is 2. The lowest BCUT2D eigenvalue weighted by Gasteiger charge is -2.33. The third-order valence-electron chi connectivity index (χ3n) is 4.38. The summed E-state index contributed by atoms with van der Waals surface area (Å²) in [5.74, 6) is 0.193. The molecular formula is C21H27N3O5S. The van der Waals surface area contributed by atoms with Gasteiger partial charge < -0.3 is 9.47 Å². The SMILES string of the molecule is CCc1cccc(S(=O)(=O)N2CC(C)Oc3ncc(NC(=O)OC(C)(C)C)cc32)c1. The first-order chi connectivity index (χ1) is 14.0. The van der Waals surface area contributed by atoms with Crippen LogP contribution in [0.5, 0.6) is 5.88 Å². The maximum absolute atomic E-state index is 13.4. The van der Waals surface area contributed by atoms with Gasteiger partial charge in [0.25, 0.3) is 10.0 Å². The number of carbonyl (C=O) groups is 1. The van der Waals surface area contributed by atoms with Crippen LogP contribution in [-0.2, 0) is 21.2 Å². The van der Waals surface area contributed by atoms with Crippen LogP contribution in [0, 0.1) is 0 Å². The highest BCUT2D eigenvalue weighted by molar-refractivity contribution is 7.92. The minimum atomic E-state index is -3.85. The average molecular weight is 434 g/mol. The highest BCUT2D eigenvalue weighted by Gasteiger charge is 2.34. The van der Waals surface area contributed by atoms with Crippen LogP contribution in [0.15, 0.2) is 41.4 Å². The second-order valence-electron chi connectivity index (χ2n) is 8.14. The van der Waals surface area contributed by atoms with Crippen molar-refractivity contribution in [2.24, 2.45) is 0 Å². The molecule has 2 heterocycles. The van der Waals surface area contributed by atoms with Crippen LogP contribution in [0.25, 0.3) is 0 Å². The van der Waals surface area contributed by atoms with Gasteiger partial charge in [-0.05, 0) is 57.9 Å². The van der Waals surface area contributed by atoms with E-state index < -0.39 is 21.7 Å². The van der Waals surface area contributed by atoms with E-state index in [-0.39, 0.29) is 29.1 Å². The molecule has 1 amide bonds. The first-order valence-corrected chi connectivity index (χ1v) is 11.2. The number of aryl methyl sites for hydroxylation is 1. The number of rotatable bonds is 4. The lowest BCUT2D eigenvalue weighted by atomic mass is 10.2. The molecule has 0 saturated carbocycles. The molecule has 0 spiro atoms. The molecule has 8 nitrogen and oxygen atoms in total. The second-order valence-corrected chi connectivity index (χ2v) is 10.0. The number of ether oxygens (including phenoxy) is 2. The van der Waals surface area contributed by atoms with E-state index in [0.717, 1.165) is 12.0 Å². The van der Waals surface area contributed by atoms with Crippen molar-refractivity contribution in [2.75, 3.05) is 16.2 Å². The van der Waals surface area contributed by atoms with Gasteiger partial charge in [0.1, 0.15) is 17.4 Å². The van der Waals surface area contributed by atoms with Crippen LogP contribution < -0.4 is 14.4 Å². The van der Waals surface area contributed by atoms with E-state index in [2.05, 4.69) is 10.3 Å². The van der Waals surface area contributed by atoms with Crippen molar-refractivity contribution < 1.29 is 22.7 Å². The molecule has 1 aliphatic heterocycles. The fourth-order valence-corrected chi connectivity index (χ4v) is 4.64. The lowest BCUT2D eigenvalue weighted by molar-refractivity contribution is 0.0636. The first kappa shape index (κ1) is 21.9. The second kappa shape index (κ2) is 8.14. The van der Waals surface area contributed by atoms with E-state index in [4.69, 9.17) is 9.47 Å². The van der Waals surface area contributed by atoms with Crippen molar-refractivity contribution in [3.8, 4) is 5.88 Å². The summed E-state index contributed by atoms with van der Waals surface area (Å²) in [6, 6.07) is 8.39. The Kier molecular flexibility index (Phi) is 5.94. The van der Waals surface area contributed by atoms with Crippen LogP contribution in [0.3, 0.4) is 0 Å². The monoisotopic (exact) mass is 433 g/mol. The van der Waals surface area contributed by atoms with Gasteiger partial charge >= 0.3 is 6.09 Å². The minimum Gasteiger partial charge on any atom is -0.471 e. The van der Waals surface area contributed by atoms with E-state index in [9.17, 15) is 13.2 Å². The van der Waals surface area contributed by atoms with Gasteiger partial charge in [-0.25, -0.2) is 18.2 Å². The fraction of sp³-hybridized carbons (Fsp3) is 0.429. The minimum absolute atomic E-state index is 0.128. The lowest BCUT2D eigenvalue weighted by Crippen LogP contribution is -2.42. The summed E-state index contributed by atoms with van der Waals surface area (Å²) in [6.45, 7) is 9.14. The third-order valence-corrected chi connectivity index (χ3v) is 6.15. The van der Waals surface area contributed by atoms with Crippen LogP contribution in [0.4, 0.5) is 16.2 Å². The van der Waals surface area contributed by atoms with Crippen molar-refractivity contribution in [1.29, 1.82) is 0 Å². The molecule has 0 radical (unpaired) electrons. The summed E-state index contributed by atoms with van der Waals surface area (Å²) in [5.41, 5.74) is 0.840. The first-order valence-electron chi connectivity index (χ1n) is 9.78. The van der Waals surface area contributed by atoms with Crippen LogP contribution in [-0.4, -0.2) is 37.7 Å². The van der Waals surface area contributed by atoms with E-state index in [1.54, 1.807) is 45.9 Å². The molecule has 1 aliphatic rings. The molecule has 30 heavy (non-hydrogen) atoms. The highest BCUT2D eigenvalue weighted by atomic mass is 32.2. The zero-order valence-corrected chi connectivity index (χ0v) is 18.6. The number of sulfonamides is 1. The van der Waals surface area contributed by atoms with Gasteiger partial charge in [0, 0.05) is 0 Å². The van der Waals surface area contributed by atoms with Crippen LogP contribution >= 0.6 is 0 Å². The Balaban J connectivity index is 1.97. The van der Waals surface area contributed by atoms with Gasteiger partial charge in [-0.15, -0.1) is 0 Å². The summed E-state index contributed by atoms with van der Waals surface area (Å²) in [7, 11) is -3.85. The number of benzene rings is 1. The smallest absolute Gasteiger partial charge is 0.412 e. The van der Waals surface area contributed by atoms with Crippen molar-refractivity contribution in [3.05, 3.63) is 42.1 Å². The molecule has 1 aromatic heterocycles. The van der Waals surface area contributed by atoms with Crippen molar-refractivity contribution >= 4 is 27.5 Å². The summed E-state index contributed by atoms with van der Waals surface area (Å²) in [6.07, 6.45) is 1.10. The molecule has 2 aromatic rings. The molecule has 1 unspecified atom stereocenters. The number of pyridine rings is 1. The maximum Gasteiger partial charge on any atom is 0.412 e. The molecule has 1 N–H and O–H groups in total. The number of fused-ring (bicyclic) bond motifs is 1. The molecule has 0 bridgehead atoms. The van der Waals surface area contributed by atoms with Gasteiger partial charge in [-0.3, -0.25) is 9.62 Å². The van der Waals surface area contributed by atoms with E-state index >= 15 is 0 Å². The molecule has 0 saturated heterocycles. The number of hydrogen-bond donors (Lipinski definition) is 1. The highest BCUT2D eigenvalue weighted by Crippen LogP contribution is 2.37. The van der Waals surface area contributed by atoms with Gasteiger partial charge in [-0.1, -0.05) is 19.1 Å². The van der Waals surface area contributed by atoms with Gasteiger partial charge in [-0.2, -0.15) is 0 Å². The fourth-order valence-electron chi connectivity index (χ4n) is 3.04. The summed E-state index contributed by atoms with van der Waals surface area (Å²) >= 11 is 0. The van der Waals surface area contributed by atoms with Crippen molar-refractivity contribution in [1.82, 2.24) is 4.98 Å². The van der Waals surface area contributed by atoms with Crippen LogP contribution in [0.1, 0.15) is 40.2 Å². The Hall–Kier alpha value is -2.81. The average Bonchev–Trinajstić information content (AvgIpc) is 2.66. The molecule has 3 rings (SSSR count). The number of nitrogens with zero attached hydrogens (tertiary/aromatic N) is 2. The number of nitrogens with one attached hydrogen (secondary N) is 1. The Bertz CT molecular complexity index is 1050. The number of hydrogen-bond acceptors (Lipinski definition) is 6. The molecular weight excluding hydrogens is 406 g/mol. The Morgan fingerprint density at radius 1 is 1.33 bits per heavy atom. The Morgan fingerprint density at radius 3 is 2.73 bits per heavy atom. The number of carbonyl (C=O) groups excluding carboxylic acids is 1. The maximum atomic E-state index is 13.4. The van der Waals surface area contributed by atoms with Crippen molar-refractivity contribution in [3.63, 3.8) is 0 Å². The topological polar surface area (TPSA) is 97.8 Å². The summed E-state index contributed by atoms with van der Waals surface area (Å²) in [4.78, 5) is 16.5.